The molecule has 0 amide bonds. The molecular weight excluding hydrogens is 175 g/mol. The largest absolute Gasteiger partial charge is 0.394 e. The lowest BCUT2D eigenvalue weighted by molar-refractivity contribution is -0.231. The molecule has 0 aliphatic carbocycles. The highest BCUT2D eigenvalue weighted by Crippen LogP contribution is 2.16. The molecule has 1 fully saturated rings. The standard InChI is InChI=1S/C7H13BO5/c1-10-7-11-3-6(13-7)5(2-9)12-4-8/h5-7,9H,2-4H2,1H3/t5-,6?,7?/m1/s1. The van der Waals surface area contributed by atoms with Crippen molar-refractivity contribution in [1.82, 2.24) is 0 Å². The van der Waals surface area contributed by atoms with E-state index in [1.165, 1.54) is 7.11 Å². The van der Waals surface area contributed by atoms with Gasteiger partial charge in [-0.1, -0.05) is 0 Å². The molecule has 1 aliphatic heterocycles. The second kappa shape index (κ2) is 5.56. The summed E-state index contributed by atoms with van der Waals surface area (Å²) in [5.41, 5.74) is 0. The second-order valence-corrected chi connectivity index (χ2v) is 2.59. The highest BCUT2D eigenvalue weighted by Gasteiger charge is 2.32. The van der Waals surface area contributed by atoms with Crippen LogP contribution in [0.2, 0.25) is 0 Å². The van der Waals surface area contributed by atoms with E-state index in [-0.39, 0.29) is 19.2 Å². The zero-order chi connectivity index (χ0) is 9.68. The minimum absolute atomic E-state index is 0.0444. The van der Waals surface area contributed by atoms with Crippen LogP contribution in [-0.2, 0) is 18.9 Å². The van der Waals surface area contributed by atoms with Gasteiger partial charge in [0.2, 0.25) is 0 Å². The molecule has 2 unspecified atom stereocenters. The summed E-state index contributed by atoms with van der Waals surface area (Å²) in [4.78, 5) is 0. The maximum Gasteiger partial charge on any atom is 0.271 e. The molecule has 74 valence electrons. The van der Waals surface area contributed by atoms with E-state index >= 15 is 0 Å². The summed E-state index contributed by atoms with van der Waals surface area (Å²) < 4.78 is 20.1. The van der Waals surface area contributed by atoms with E-state index in [9.17, 15) is 0 Å². The Bertz CT molecular complexity index is 145. The fraction of sp³-hybridized carbons (Fsp3) is 1.00. The molecule has 0 saturated carbocycles. The van der Waals surface area contributed by atoms with E-state index in [2.05, 4.69) is 0 Å². The van der Waals surface area contributed by atoms with Gasteiger partial charge in [0.15, 0.2) is 0 Å². The predicted molar refractivity (Wildman–Crippen MR) is 44.2 cm³/mol. The fourth-order valence-electron chi connectivity index (χ4n) is 1.11. The smallest absolute Gasteiger partial charge is 0.271 e. The van der Waals surface area contributed by atoms with Gasteiger partial charge in [0.1, 0.15) is 20.1 Å². The predicted octanol–water partition coefficient (Wildman–Crippen LogP) is -1.16. The first kappa shape index (κ1) is 10.9. The molecule has 0 aromatic rings. The van der Waals surface area contributed by atoms with Gasteiger partial charge in [-0.25, -0.2) is 0 Å². The SMILES string of the molecule is [B]CO[C@H](CO)C1COC(OC)O1. The molecule has 2 radical (unpaired) electrons. The van der Waals surface area contributed by atoms with Gasteiger partial charge in [0, 0.05) is 13.6 Å². The van der Waals surface area contributed by atoms with Crippen LogP contribution in [0.4, 0.5) is 0 Å². The Kier molecular flexibility index (Phi) is 4.68. The monoisotopic (exact) mass is 188 g/mol. The Morgan fingerprint density at radius 3 is 2.92 bits per heavy atom. The van der Waals surface area contributed by atoms with Crippen LogP contribution >= 0.6 is 0 Å². The van der Waals surface area contributed by atoms with Crippen LogP contribution in [0.1, 0.15) is 0 Å². The van der Waals surface area contributed by atoms with Gasteiger partial charge in [0.25, 0.3) is 6.48 Å². The van der Waals surface area contributed by atoms with Crippen LogP contribution in [0, 0.1) is 0 Å². The lowest BCUT2D eigenvalue weighted by atomic mass is 10.2. The van der Waals surface area contributed by atoms with E-state index in [1.807, 2.05) is 0 Å². The summed E-state index contributed by atoms with van der Waals surface area (Å²) in [5, 5.41) is 8.92. The Hall–Kier alpha value is -0.135. The van der Waals surface area contributed by atoms with Gasteiger partial charge < -0.3 is 24.1 Å². The summed E-state index contributed by atoms with van der Waals surface area (Å²) in [6, 6.07) is 0. The number of rotatable bonds is 5. The van der Waals surface area contributed by atoms with E-state index < -0.39 is 12.6 Å². The third-order valence-electron chi connectivity index (χ3n) is 1.78. The van der Waals surface area contributed by atoms with Gasteiger partial charge >= 0.3 is 0 Å². The van der Waals surface area contributed by atoms with Gasteiger partial charge in [0.05, 0.1) is 13.2 Å². The van der Waals surface area contributed by atoms with Crippen molar-refractivity contribution < 1.29 is 24.1 Å². The summed E-state index contributed by atoms with van der Waals surface area (Å²) in [6.45, 7) is -0.436. The zero-order valence-electron chi connectivity index (χ0n) is 7.51. The molecule has 1 saturated heterocycles. The van der Waals surface area contributed by atoms with Gasteiger partial charge in [-0.05, 0) is 0 Å². The van der Waals surface area contributed by atoms with Crippen LogP contribution in [-0.4, -0.2) is 58.5 Å². The summed E-state index contributed by atoms with van der Waals surface area (Å²) in [5.74, 6) is 0. The Labute approximate surface area is 78.3 Å². The van der Waals surface area contributed by atoms with E-state index in [0.717, 1.165) is 0 Å². The van der Waals surface area contributed by atoms with Crippen LogP contribution in [0.5, 0.6) is 0 Å². The first-order chi connectivity index (χ1) is 6.31. The zero-order valence-corrected chi connectivity index (χ0v) is 7.51. The van der Waals surface area contributed by atoms with Crippen LogP contribution in [0.3, 0.4) is 0 Å². The number of methoxy groups -OCH3 is 1. The van der Waals surface area contributed by atoms with Gasteiger partial charge in [-0.2, -0.15) is 0 Å². The second-order valence-electron chi connectivity index (χ2n) is 2.59. The summed E-state index contributed by atoms with van der Waals surface area (Å²) in [7, 11) is 6.66. The van der Waals surface area contributed by atoms with Crippen molar-refractivity contribution in [2.75, 3.05) is 26.8 Å². The maximum atomic E-state index is 8.92. The highest BCUT2D eigenvalue weighted by atomic mass is 16.9. The molecule has 1 aliphatic rings. The number of ether oxygens (including phenoxy) is 4. The molecule has 0 bridgehead atoms. The van der Waals surface area contributed by atoms with Crippen molar-refractivity contribution in [2.45, 2.75) is 18.7 Å². The maximum absolute atomic E-state index is 8.92. The lowest BCUT2D eigenvalue weighted by Crippen LogP contribution is -2.35. The average molecular weight is 188 g/mol. The number of hydrogen-bond donors (Lipinski definition) is 1. The Morgan fingerprint density at radius 2 is 2.46 bits per heavy atom. The molecule has 13 heavy (non-hydrogen) atoms. The van der Waals surface area contributed by atoms with Gasteiger partial charge in [-0.3, -0.25) is 0 Å². The number of hydrogen-bond acceptors (Lipinski definition) is 5. The van der Waals surface area contributed by atoms with Crippen molar-refractivity contribution >= 4 is 7.85 Å². The van der Waals surface area contributed by atoms with E-state index in [4.69, 9.17) is 31.9 Å². The Balaban J connectivity index is 2.33. The lowest BCUT2D eigenvalue weighted by Gasteiger charge is -2.19. The molecule has 1 rings (SSSR count). The van der Waals surface area contributed by atoms with Crippen LogP contribution in [0.25, 0.3) is 0 Å². The van der Waals surface area contributed by atoms with Crippen LogP contribution in [0.15, 0.2) is 0 Å². The number of aliphatic hydroxyl groups excluding tert-OH is 1. The minimum Gasteiger partial charge on any atom is -0.394 e. The van der Waals surface area contributed by atoms with Crippen molar-refractivity contribution in [1.29, 1.82) is 0 Å². The molecule has 3 atom stereocenters. The summed E-state index contributed by atoms with van der Waals surface area (Å²) in [6.07, 6.45) is -0.774. The number of aliphatic hydroxyl groups is 1. The third kappa shape index (κ3) is 2.93. The van der Waals surface area contributed by atoms with Crippen molar-refractivity contribution in [3.63, 3.8) is 0 Å². The fourth-order valence-corrected chi connectivity index (χ4v) is 1.11. The van der Waals surface area contributed by atoms with Crippen molar-refractivity contribution in [2.24, 2.45) is 0 Å². The average Bonchev–Trinajstić information content (AvgIpc) is 2.62. The quantitative estimate of drug-likeness (QED) is 0.551. The van der Waals surface area contributed by atoms with Crippen molar-refractivity contribution in [3.05, 3.63) is 0 Å². The molecule has 0 aromatic carbocycles. The molecular formula is C7H13BO5. The highest BCUT2D eigenvalue weighted by molar-refractivity contribution is 6.08. The molecule has 1 heterocycles. The van der Waals surface area contributed by atoms with E-state index in [1.54, 1.807) is 0 Å². The molecule has 5 nitrogen and oxygen atoms in total. The molecule has 1 N–H and O–H groups in total. The van der Waals surface area contributed by atoms with E-state index in [0.29, 0.717) is 6.61 Å². The third-order valence-corrected chi connectivity index (χ3v) is 1.78. The summed E-state index contributed by atoms with van der Waals surface area (Å²) >= 11 is 0. The molecule has 6 heteroatoms. The molecule has 0 spiro atoms. The molecule has 0 aromatic heterocycles. The minimum atomic E-state index is -0.666. The first-order valence-electron chi connectivity index (χ1n) is 4.04. The van der Waals surface area contributed by atoms with Crippen LogP contribution < -0.4 is 0 Å². The first-order valence-corrected chi connectivity index (χ1v) is 4.04. The Morgan fingerprint density at radius 1 is 1.69 bits per heavy atom. The van der Waals surface area contributed by atoms with Gasteiger partial charge in [-0.15, -0.1) is 0 Å². The topological polar surface area (TPSA) is 57.2 Å². The van der Waals surface area contributed by atoms with Crippen molar-refractivity contribution in [3.8, 4) is 0 Å². The normalized spacial score (nSPS) is 30.6.